The number of benzene rings is 1. The maximum absolute atomic E-state index is 9.93. The Labute approximate surface area is 131 Å². The quantitative estimate of drug-likeness (QED) is 0.414. The van der Waals surface area contributed by atoms with Crippen molar-refractivity contribution in [1.82, 2.24) is 0 Å². The number of hydrogen-bond donors (Lipinski definition) is 1. The number of aliphatic hydroxyl groups excluding tert-OH is 1. The summed E-state index contributed by atoms with van der Waals surface area (Å²) in [6.45, 7) is 2.26. The Kier molecular flexibility index (Phi) is 11.2. The monoisotopic (exact) mass is 289 g/mol. The maximum atomic E-state index is 9.93. The molecule has 0 amide bonds. The Morgan fingerprint density at radius 3 is 1.95 bits per heavy atom. The lowest BCUT2D eigenvalue weighted by Gasteiger charge is -2.09. The highest BCUT2D eigenvalue weighted by molar-refractivity contribution is 5.15. The second-order valence-electron chi connectivity index (χ2n) is 6.13. The van der Waals surface area contributed by atoms with Crippen LogP contribution in [0.15, 0.2) is 30.3 Å². The number of unbranched alkanes of at least 4 members (excludes halogenated alkanes) is 8. The van der Waals surface area contributed by atoms with Crippen molar-refractivity contribution in [2.75, 3.05) is 0 Å². The van der Waals surface area contributed by atoms with Crippen LogP contribution in [0.3, 0.4) is 0 Å². The van der Waals surface area contributed by atoms with E-state index >= 15 is 0 Å². The fraction of sp³-hybridized carbons (Fsp3) is 0.650. The standard InChI is InChI=1S/C20H33O/c1-2-3-4-5-6-7-8-9-13-16-20(21)18-17-19-14-11-10-12-15-19/h10-12,14-15,21H,2-9,13,16-18H2,1H3. The fourth-order valence-corrected chi connectivity index (χ4v) is 2.70. The number of rotatable bonds is 13. The Hall–Kier alpha value is -0.820. The van der Waals surface area contributed by atoms with Crippen molar-refractivity contribution < 1.29 is 5.11 Å². The van der Waals surface area contributed by atoms with Crippen LogP contribution in [0, 0.1) is 6.10 Å². The van der Waals surface area contributed by atoms with Gasteiger partial charge in [-0.2, -0.15) is 0 Å². The zero-order chi connectivity index (χ0) is 15.2. The topological polar surface area (TPSA) is 20.2 Å². The van der Waals surface area contributed by atoms with Gasteiger partial charge in [0.2, 0.25) is 0 Å². The van der Waals surface area contributed by atoms with Gasteiger partial charge in [-0.1, -0.05) is 95.0 Å². The molecular weight excluding hydrogens is 256 g/mol. The molecule has 0 spiro atoms. The van der Waals surface area contributed by atoms with Crippen molar-refractivity contribution in [3.63, 3.8) is 0 Å². The molecule has 1 heteroatoms. The van der Waals surface area contributed by atoms with Crippen LogP contribution < -0.4 is 0 Å². The summed E-state index contributed by atoms with van der Waals surface area (Å²) in [6.07, 6.45) is 15.4. The molecule has 0 saturated carbocycles. The third-order valence-electron chi connectivity index (χ3n) is 4.11. The molecule has 1 rings (SSSR count). The van der Waals surface area contributed by atoms with Crippen LogP contribution >= 0.6 is 0 Å². The third-order valence-corrected chi connectivity index (χ3v) is 4.11. The van der Waals surface area contributed by atoms with Crippen molar-refractivity contribution in [2.24, 2.45) is 0 Å². The summed E-state index contributed by atoms with van der Waals surface area (Å²) in [5.41, 5.74) is 1.32. The van der Waals surface area contributed by atoms with E-state index < -0.39 is 0 Å². The zero-order valence-electron chi connectivity index (χ0n) is 13.8. The Bertz CT molecular complexity index is 320. The van der Waals surface area contributed by atoms with Gasteiger partial charge in [-0.05, 0) is 24.8 Å². The van der Waals surface area contributed by atoms with Crippen LogP contribution in [-0.4, -0.2) is 5.11 Å². The number of hydrogen-bond acceptors (Lipinski definition) is 1. The van der Waals surface area contributed by atoms with E-state index in [0.717, 1.165) is 25.7 Å². The minimum Gasteiger partial charge on any atom is -0.387 e. The van der Waals surface area contributed by atoms with E-state index in [1.54, 1.807) is 0 Å². The predicted octanol–water partition coefficient (Wildman–Crippen LogP) is 6.44. The molecule has 0 saturated heterocycles. The first-order valence-corrected chi connectivity index (χ1v) is 8.90. The lowest BCUT2D eigenvalue weighted by molar-refractivity contribution is 0.263. The Morgan fingerprint density at radius 2 is 1.33 bits per heavy atom. The van der Waals surface area contributed by atoms with E-state index in [2.05, 4.69) is 31.2 Å². The van der Waals surface area contributed by atoms with Crippen molar-refractivity contribution in [3.8, 4) is 0 Å². The molecule has 0 heterocycles. The van der Waals surface area contributed by atoms with Gasteiger partial charge < -0.3 is 5.11 Å². The first-order chi connectivity index (χ1) is 10.3. The van der Waals surface area contributed by atoms with E-state index in [1.165, 1.54) is 56.9 Å². The Balaban J connectivity index is 1.88. The smallest absolute Gasteiger partial charge is 0.0936 e. The average Bonchev–Trinajstić information content (AvgIpc) is 2.52. The normalized spacial score (nSPS) is 11.2. The van der Waals surface area contributed by atoms with E-state index in [-0.39, 0.29) is 0 Å². The van der Waals surface area contributed by atoms with E-state index in [1.807, 2.05) is 6.07 Å². The van der Waals surface area contributed by atoms with Gasteiger partial charge in [0.25, 0.3) is 0 Å². The van der Waals surface area contributed by atoms with Crippen molar-refractivity contribution in [3.05, 3.63) is 42.0 Å². The molecule has 0 aromatic heterocycles. The van der Waals surface area contributed by atoms with Gasteiger partial charge in [-0.15, -0.1) is 0 Å². The molecule has 0 aliphatic rings. The highest BCUT2D eigenvalue weighted by Crippen LogP contribution is 2.17. The van der Waals surface area contributed by atoms with Gasteiger partial charge in [0, 0.05) is 0 Å². The molecule has 0 bridgehead atoms. The molecule has 0 atom stereocenters. The average molecular weight is 289 g/mol. The van der Waals surface area contributed by atoms with Gasteiger partial charge in [-0.25, -0.2) is 0 Å². The molecule has 0 aliphatic carbocycles. The van der Waals surface area contributed by atoms with Gasteiger partial charge in [0.1, 0.15) is 0 Å². The van der Waals surface area contributed by atoms with Crippen LogP contribution in [-0.2, 0) is 6.42 Å². The van der Waals surface area contributed by atoms with Crippen molar-refractivity contribution in [1.29, 1.82) is 0 Å². The molecule has 1 aromatic rings. The molecule has 0 fully saturated rings. The van der Waals surface area contributed by atoms with Gasteiger partial charge in [-0.3, -0.25) is 0 Å². The molecule has 1 radical (unpaired) electrons. The molecular formula is C20H33O. The second kappa shape index (κ2) is 12.9. The summed E-state index contributed by atoms with van der Waals surface area (Å²) in [5.74, 6) is 0. The van der Waals surface area contributed by atoms with Crippen LogP contribution in [0.5, 0.6) is 0 Å². The lowest BCUT2D eigenvalue weighted by Crippen LogP contribution is -1.98. The van der Waals surface area contributed by atoms with E-state index in [4.69, 9.17) is 0 Å². The van der Waals surface area contributed by atoms with Crippen LogP contribution in [0.2, 0.25) is 0 Å². The van der Waals surface area contributed by atoms with Gasteiger partial charge in [0.15, 0.2) is 0 Å². The zero-order valence-corrected chi connectivity index (χ0v) is 13.8. The minimum atomic E-state index is 0.682. The summed E-state index contributed by atoms with van der Waals surface area (Å²) in [4.78, 5) is 0. The summed E-state index contributed by atoms with van der Waals surface area (Å²) >= 11 is 0. The van der Waals surface area contributed by atoms with E-state index in [9.17, 15) is 5.11 Å². The van der Waals surface area contributed by atoms with Crippen molar-refractivity contribution in [2.45, 2.75) is 84.0 Å². The molecule has 1 N–H and O–H groups in total. The highest BCUT2D eigenvalue weighted by atomic mass is 16.3. The Morgan fingerprint density at radius 1 is 0.762 bits per heavy atom. The van der Waals surface area contributed by atoms with Gasteiger partial charge >= 0.3 is 0 Å². The summed E-state index contributed by atoms with van der Waals surface area (Å²) in [6, 6.07) is 10.4. The molecule has 1 nitrogen and oxygen atoms in total. The largest absolute Gasteiger partial charge is 0.387 e. The first-order valence-electron chi connectivity index (χ1n) is 8.90. The third kappa shape index (κ3) is 10.5. The summed E-state index contributed by atoms with van der Waals surface area (Å²) < 4.78 is 0. The highest BCUT2D eigenvalue weighted by Gasteiger charge is 2.05. The molecule has 119 valence electrons. The first kappa shape index (κ1) is 18.2. The SMILES string of the molecule is CCCCCCCCCCC[C](O)CCc1ccccc1. The van der Waals surface area contributed by atoms with Gasteiger partial charge in [0.05, 0.1) is 6.10 Å². The van der Waals surface area contributed by atoms with Crippen molar-refractivity contribution >= 4 is 0 Å². The maximum Gasteiger partial charge on any atom is 0.0936 e. The van der Waals surface area contributed by atoms with Crippen LogP contribution in [0.1, 0.15) is 83.1 Å². The second-order valence-corrected chi connectivity index (χ2v) is 6.13. The van der Waals surface area contributed by atoms with E-state index in [0.29, 0.717) is 6.10 Å². The number of aryl methyl sites for hydroxylation is 1. The van der Waals surface area contributed by atoms with Crippen LogP contribution in [0.25, 0.3) is 0 Å². The predicted molar refractivity (Wildman–Crippen MR) is 91.8 cm³/mol. The molecule has 1 aromatic carbocycles. The minimum absolute atomic E-state index is 0.682. The molecule has 21 heavy (non-hydrogen) atoms. The number of aliphatic hydroxyl groups is 1. The molecule has 0 aliphatic heterocycles. The van der Waals surface area contributed by atoms with Crippen LogP contribution in [0.4, 0.5) is 0 Å². The fourth-order valence-electron chi connectivity index (χ4n) is 2.70. The summed E-state index contributed by atoms with van der Waals surface area (Å²) in [7, 11) is 0. The lowest BCUT2D eigenvalue weighted by atomic mass is 10.0. The summed E-state index contributed by atoms with van der Waals surface area (Å²) in [5, 5.41) is 9.93. The molecule has 0 unspecified atom stereocenters.